The van der Waals surface area contributed by atoms with E-state index in [0.717, 1.165) is 18.5 Å². The second kappa shape index (κ2) is 5.13. The highest BCUT2D eigenvalue weighted by Gasteiger charge is 2.28. The summed E-state index contributed by atoms with van der Waals surface area (Å²) in [5.74, 6) is 1.04. The Morgan fingerprint density at radius 3 is 2.36 bits per heavy atom. The molecule has 2 N–H and O–H groups in total. The number of hydrogen-bond acceptors (Lipinski definition) is 2. The van der Waals surface area contributed by atoms with Crippen molar-refractivity contribution < 1.29 is 0 Å². The number of nitrogens with zero attached hydrogens (tertiary/aromatic N) is 1. The van der Waals surface area contributed by atoms with Crippen LogP contribution in [0.1, 0.15) is 44.9 Å². The maximum Gasteiger partial charge on any atom is 0.00953 e. The summed E-state index contributed by atoms with van der Waals surface area (Å²) in [6, 6.07) is 0.905. The normalized spacial score (nSPS) is 23.6. The van der Waals surface area contributed by atoms with E-state index in [4.69, 9.17) is 5.73 Å². The Bertz CT molecular complexity index is 160. The molecular weight excluding hydrogens is 172 g/mol. The third-order valence-corrected chi connectivity index (χ3v) is 3.68. The van der Waals surface area contributed by atoms with Crippen LogP contribution in [0.15, 0.2) is 0 Å². The van der Waals surface area contributed by atoms with Gasteiger partial charge in [0.2, 0.25) is 0 Å². The summed E-state index contributed by atoms with van der Waals surface area (Å²) < 4.78 is 0. The molecule has 0 atom stereocenters. The summed E-state index contributed by atoms with van der Waals surface area (Å²) in [6.45, 7) is 3.47. The maximum atomic E-state index is 5.60. The van der Waals surface area contributed by atoms with Gasteiger partial charge in [0.15, 0.2) is 0 Å². The average Bonchev–Trinajstić information content (AvgIpc) is 2.84. The summed E-state index contributed by atoms with van der Waals surface area (Å²) in [5, 5.41) is 0. The number of hydrogen-bond donors (Lipinski definition) is 1. The van der Waals surface area contributed by atoms with Gasteiger partial charge in [-0.25, -0.2) is 0 Å². The minimum Gasteiger partial charge on any atom is -0.330 e. The molecule has 0 radical (unpaired) electrons. The molecule has 0 aliphatic heterocycles. The highest BCUT2D eigenvalue weighted by Crippen LogP contribution is 2.32. The van der Waals surface area contributed by atoms with E-state index in [9.17, 15) is 0 Å². The van der Waals surface area contributed by atoms with Crippen molar-refractivity contribution in [1.82, 2.24) is 4.90 Å². The van der Waals surface area contributed by atoms with Gasteiger partial charge in [-0.15, -0.1) is 0 Å². The molecule has 0 aromatic heterocycles. The molecule has 0 unspecified atom stereocenters. The van der Waals surface area contributed by atoms with Crippen LogP contribution in [-0.4, -0.2) is 30.6 Å². The van der Waals surface area contributed by atoms with Crippen LogP contribution in [0.2, 0.25) is 0 Å². The van der Waals surface area contributed by atoms with Crippen molar-refractivity contribution in [3.8, 4) is 0 Å². The second-order valence-electron chi connectivity index (χ2n) is 5.02. The van der Waals surface area contributed by atoms with Gasteiger partial charge in [0.25, 0.3) is 0 Å². The largest absolute Gasteiger partial charge is 0.330 e. The summed E-state index contributed by atoms with van der Waals surface area (Å²) in [7, 11) is 0. The second-order valence-corrected chi connectivity index (χ2v) is 5.02. The lowest BCUT2D eigenvalue weighted by Crippen LogP contribution is -2.36. The van der Waals surface area contributed by atoms with Gasteiger partial charge in [-0.05, 0) is 51.1 Å². The highest BCUT2D eigenvalue weighted by atomic mass is 15.2. The summed E-state index contributed by atoms with van der Waals surface area (Å²) in [4.78, 5) is 2.73. The Morgan fingerprint density at radius 2 is 1.79 bits per heavy atom. The number of nitrogens with two attached hydrogens (primary N) is 1. The molecule has 0 amide bonds. The van der Waals surface area contributed by atoms with Crippen molar-refractivity contribution in [2.45, 2.75) is 51.0 Å². The van der Waals surface area contributed by atoms with E-state index in [-0.39, 0.29) is 0 Å². The van der Waals surface area contributed by atoms with E-state index >= 15 is 0 Å². The smallest absolute Gasteiger partial charge is 0.00953 e. The van der Waals surface area contributed by atoms with Crippen LogP contribution in [0, 0.1) is 5.92 Å². The van der Waals surface area contributed by atoms with Crippen LogP contribution in [0.25, 0.3) is 0 Å². The van der Waals surface area contributed by atoms with E-state index in [1.165, 1.54) is 58.0 Å². The lowest BCUT2D eigenvalue weighted by Gasteiger charge is -2.28. The first-order valence-electron chi connectivity index (χ1n) is 6.34. The molecule has 2 saturated carbocycles. The first-order chi connectivity index (χ1) is 6.90. The molecule has 0 spiro atoms. The molecular formula is C12H24N2. The van der Waals surface area contributed by atoms with E-state index in [2.05, 4.69) is 4.90 Å². The van der Waals surface area contributed by atoms with E-state index in [1.54, 1.807) is 0 Å². The van der Waals surface area contributed by atoms with Crippen LogP contribution in [0.5, 0.6) is 0 Å². The zero-order valence-corrected chi connectivity index (χ0v) is 9.25. The minimum absolute atomic E-state index is 0.855. The molecule has 2 aliphatic carbocycles. The Morgan fingerprint density at radius 1 is 1.07 bits per heavy atom. The van der Waals surface area contributed by atoms with E-state index in [0.29, 0.717) is 0 Å². The molecule has 2 heteroatoms. The molecule has 82 valence electrons. The monoisotopic (exact) mass is 196 g/mol. The SMILES string of the molecule is NCCCN(CC1CC1)C1CCCC1. The molecule has 0 heterocycles. The molecule has 0 saturated heterocycles. The van der Waals surface area contributed by atoms with E-state index in [1.807, 2.05) is 0 Å². The Hall–Kier alpha value is -0.0800. The Kier molecular flexibility index (Phi) is 3.82. The van der Waals surface area contributed by atoms with Gasteiger partial charge in [0.1, 0.15) is 0 Å². The fourth-order valence-corrected chi connectivity index (χ4v) is 2.62. The third-order valence-electron chi connectivity index (χ3n) is 3.68. The predicted octanol–water partition coefficient (Wildman–Crippen LogP) is 1.99. The lowest BCUT2D eigenvalue weighted by atomic mass is 10.2. The zero-order valence-electron chi connectivity index (χ0n) is 9.25. The fraction of sp³-hybridized carbons (Fsp3) is 1.00. The predicted molar refractivity (Wildman–Crippen MR) is 60.2 cm³/mol. The highest BCUT2D eigenvalue weighted by molar-refractivity contribution is 4.83. The Balaban J connectivity index is 1.76. The van der Waals surface area contributed by atoms with Crippen LogP contribution in [-0.2, 0) is 0 Å². The van der Waals surface area contributed by atoms with Crippen molar-refractivity contribution in [3.63, 3.8) is 0 Å². The summed E-state index contributed by atoms with van der Waals surface area (Å²) in [6.07, 6.45) is 9.93. The van der Waals surface area contributed by atoms with Gasteiger partial charge in [0, 0.05) is 12.6 Å². The third kappa shape index (κ3) is 2.96. The maximum absolute atomic E-state index is 5.60. The van der Waals surface area contributed by atoms with Crippen LogP contribution >= 0.6 is 0 Å². The van der Waals surface area contributed by atoms with Crippen molar-refractivity contribution in [3.05, 3.63) is 0 Å². The van der Waals surface area contributed by atoms with Crippen molar-refractivity contribution in [2.24, 2.45) is 11.7 Å². The molecule has 2 rings (SSSR count). The van der Waals surface area contributed by atoms with Gasteiger partial charge in [-0.1, -0.05) is 12.8 Å². The first-order valence-corrected chi connectivity index (χ1v) is 6.34. The zero-order chi connectivity index (χ0) is 9.80. The first kappa shape index (κ1) is 10.4. The van der Waals surface area contributed by atoms with Crippen LogP contribution in [0.3, 0.4) is 0 Å². The lowest BCUT2D eigenvalue weighted by molar-refractivity contribution is 0.189. The van der Waals surface area contributed by atoms with Gasteiger partial charge in [0.05, 0.1) is 0 Å². The van der Waals surface area contributed by atoms with Crippen LogP contribution < -0.4 is 5.73 Å². The molecule has 0 aromatic carbocycles. The molecule has 2 fully saturated rings. The number of rotatable bonds is 6. The standard InChI is InChI=1S/C12H24N2/c13-8-3-9-14(10-11-6-7-11)12-4-1-2-5-12/h11-12H,1-10,13H2. The summed E-state index contributed by atoms with van der Waals surface area (Å²) in [5.41, 5.74) is 5.60. The fourth-order valence-electron chi connectivity index (χ4n) is 2.62. The molecule has 0 bridgehead atoms. The molecule has 0 aromatic rings. The van der Waals surface area contributed by atoms with E-state index < -0.39 is 0 Å². The van der Waals surface area contributed by atoms with Crippen molar-refractivity contribution in [2.75, 3.05) is 19.6 Å². The topological polar surface area (TPSA) is 29.3 Å². The van der Waals surface area contributed by atoms with Gasteiger partial charge in [-0.3, -0.25) is 0 Å². The van der Waals surface area contributed by atoms with Gasteiger partial charge < -0.3 is 10.6 Å². The average molecular weight is 196 g/mol. The molecule has 2 aliphatic rings. The molecule has 14 heavy (non-hydrogen) atoms. The minimum atomic E-state index is 0.855. The quantitative estimate of drug-likeness (QED) is 0.704. The van der Waals surface area contributed by atoms with Crippen molar-refractivity contribution >= 4 is 0 Å². The van der Waals surface area contributed by atoms with Crippen LogP contribution in [0.4, 0.5) is 0 Å². The Labute approximate surface area is 87.8 Å². The summed E-state index contributed by atoms with van der Waals surface area (Å²) >= 11 is 0. The molecule has 2 nitrogen and oxygen atoms in total. The van der Waals surface area contributed by atoms with Gasteiger partial charge in [-0.2, -0.15) is 0 Å². The van der Waals surface area contributed by atoms with Crippen molar-refractivity contribution in [1.29, 1.82) is 0 Å². The van der Waals surface area contributed by atoms with Gasteiger partial charge >= 0.3 is 0 Å².